The van der Waals surface area contributed by atoms with E-state index in [9.17, 15) is 13.2 Å². The van der Waals surface area contributed by atoms with E-state index in [4.69, 9.17) is 4.52 Å². The van der Waals surface area contributed by atoms with Crippen molar-refractivity contribution in [3.8, 4) is 0 Å². The first-order valence-corrected chi connectivity index (χ1v) is 10.7. The Balaban J connectivity index is 1.53. The second-order valence-corrected chi connectivity index (χ2v) is 8.52. The number of fused-ring (bicyclic) bond motifs is 1. The summed E-state index contributed by atoms with van der Waals surface area (Å²) in [5.74, 6) is -0.186. The largest absolute Gasteiger partial charge is 0.337 e. The van der Waals surface area contributed by atoms with Crippen LogP contribution in [0.1, 0.15) is 21.6 Å². The molecule has 0 atom stereocenters. The highest BCUT2D eigenvalue weighted by Gasteiger charge is 2.19. The van der Waals surface area contributed by atoms with Gasteiger partial charge in [-0.3, -0.25) is 4.79 Å². The lowest BCUT2D eigenvalue weighted by molar-refractivity contribution is 0.102. The summed E-state index contributed by atoms with van der Waals surface area (Å²) >= 11 is 0. The Hall–Kier alpha value is -3.65. The van der Waals surface area contributed by atoms with Crippen LogP contribution < -0.4 is 10.0 Å². The first-order valence-electron chi connectivity index (χ1n) is 9.20. The number of carbonyl (C=O) groups is 1. The molecule has 0 saturated carbocycles. The van der Waals surface area contributed by atoms with Crippen molar-refractivity contribution in [1.29, 1.82) is 0 Å². The average molecular weight is 421 g/mol. The Morgan fingerprint density at radius 3 is 2.33 bits per heavy atom. The van der Waals surface area contributed by atoms with Crippen LogP contribution in [0.2, 0.25) is 0 Å². The highest BCUT2D eigenvalue weighted by molar-refractivity contribution is 7.92. The number of carbonyl (C=O) groups excluding carboxylic acids is 1. The number of sulfonamides is 1. The number of nitrogens with one attached hydrogen (secondary N) is 2. The second-order valence-electron chi connectivity index (χ2n) is 6.83. The van der Waals surface area contributed by atoms with Crippen molar-refractivity contribution in [1.82, 2.24) is 5.16 Å². The number of anilines is 2. The van der Waals surface area contributed by atoms with Crippen molar-refractivity contribution in [3.63, 3.8) is 0 Å². The van der Waals surface area contributed by atoms with E-state index in [0.29, 0.717) is 22.5 Å². The first-order chi connectivity index (χ1) is 14.3. The Morgan fingerprint density at radius 1 is 0.933 bits per heavy atom. The van der Waals surface area contributed by atoms with Crippen LogP contribution in [0.5, 0.6) is 0 Å². The van der Waals surface area contributed by atoms with E-state index in [-0.39, 0.29) is 16.7 Å². The van der Waals surface area contributed by atoms with Gasteiger partial charge in [-0.2, -0.15) is 0 Å². The fourth-order valence-corrected chi connectivity index (χ4v) is 4.08. The van der Waals surface area contributed by atoms with Crippen LogP contribution in [0.4, 0.5) is 11.6 Å². The van der Waals surface area contributed by atoms with E-state index in [0.717, 1.165) is 10.8 Å². The number of aromatic nitrogens is 1. The Labute approximate surface area is 173 Å². The summed E-state index contributed by atoms with van der Waals surface area (Å²) < 4.78 is 32.6. The van der Waals surface area contributed by atoms with Crippen molar-refractivity contribution in [2.45, 2.75) is 18.7 Å². The summed E-state index contributed by atoms with van der Waals surface area (Å²) in [4.78, 5) is 12.8. The summed E-state index contributed by atoms with van der Waals surface area (Å²) in [6.07, 6.45) is 0. The van der Waals surface area contributed by atoms with Crippen LogP contribution in [0.15, 0.2) is 76.1 Å². The van der Waals surface area contributed by atoms with Gasteiger partial charge in [0.1, 0.15) is 0 Å². The molecule has 3 aromatic carbocycles. The molecule has 0 aliphatic heterocycles. The molecule has 0 aliphatic carbocycles. The summed E-state index contributed by atoms with van der Waals surface area (Å²) in [7, 11) is -3.85. The Kier molecular flexibility index (Phi) is 5.01. The molecule has 0 spiro atoms. The molecule has 8 heteroatoms. The lowest BCUT2D eigenvalue weighted by atomic mass is 10.0. The highest BCUT2D eigenvalue weighted by atomic mass is 32.2. The number of benzene rings is 3. The predicted molar refractivity (Wildman–Crippen MR) is 115 cm³/mol. The van der Waals surface area contributed by atoms with Gasteiger partial charge in [-0.1, -0.05) is 41.6 Å². The van der Waals surface area contributed by atoms with E-state index < -0.39 is 10.0 Å². The van der Waals surface area contributed by atoms with Crippen molar-refractivity contribution < 1.29 is 17.7 Å². The summed E-state index contributed by atoms with van der Waals surface area (Å²) in [6, 6.07) is 19.0. The molecular weight excluding hydrogens is 402 g/mol. The minimum absolute atomic E-state index is 0.0408. The molecule has 152 valence electrons. The predicted octanol–water partition coefficient (Wildman–Crippen LogP) is 4.50. The zero-order valence-electron chi connectivity index (χ0n) is 16.3. The summed E-state index contributed by atoms with van der Waals surface area (Å²) in [5, 5.41) is 8.36. The van der Waals surface area contributed by atoms with Crippen molar-refractivity contribution >= 4 is 38.3 Å². The van der Waals surface area contributed by atoms with Gasteiger partial charge in [-0.05, 0) is 55.0 Å². The number of nitrogens with zero attached hydrogens (tertiary/aromatic N) is 1. The molecule has 0 bridgehead atoms. The van der Waals surface area contributed by atoms with E-state index >= 15 is 0 Å². The van der Waals surface area contributed by atoms with E-state index in [1.807, 2.05) is 36.4 Å². The number of aryl methyl sites for hydroxylation is 1. The van der Waals surface area contributed by atoms with Gasteiger partial charge in [0, 0.05) is 16.8 Å². The first kappa shape index (κ1) is 19.7. The maximum atomic E-state index is 12.7. The molecule has 2 N–H and O–H groups in total. The van der Waals surface area contributed by atoms with Gasteiger partial charge in [0.15, 0.2) is 0 Å². The van der Waals surface area contributed by atoms with Gasteiger partial charge >= 0.3 is 0 Å². The SMILES string of the molecule is Cc1noc(NS(=O)(=O)c2ccc(NC(=O)c3cccc4ccccc34)cc2)c1C. The number of amides is 1. The van der Waals surface area contributed by atoms with Crippen molar-refractivity contribution in [3.05, 3.63) is 83.6 Å². The Morgan fingerprint density at radius 2 is 1.63 bits per heavy atom. The molecule has 0 unspecified atom stereocenters. The van der Waals surface area contributed by atoms with Crippen LogP contribution in [0, 0.1) is 13.8 Å². The zero-order chi connectivity index (χ0) is 21.3. The third kappa shape index (κ3) is 3.77. The monoisotopic (exact) mass is 421 g/mol. The topological polar surface area (TPSA) is 101 Å². The van der Waals surface area contributed by atoms with Crippen LogP contribution in [-0.4, -0.2) is 19.5 Å². The lowest BCUT2D eigenvalue weighted by Crippen LogP contribution is -2.14. The average Bonchev–Trinajstić information content (AvgIpc) is 3.05. The van der Waals surface area contributed by atoms with Crippen molar-refractivity contribution in [2.24, 2.45) is 0 Å². The number of hydrogen-bond donors (Lipinski definition) is 2. The smallest absolute Gasteiger partial charge is 0.264 e. The molecular formula is C22H19N3O4S. The minimum atomic E-state index is -3.85. The standard InChI is InChI=1S/C22H19N3O4S/c1-14-15(2)24-29-22(14)25-30(27,28)18-12-10-17(11-13-18)23-21(26)20-9-5-7-16-6-3-4-8-19(16)20/h3-13,25H,1-2H3,(H,23,26). The van der Waals surface area contributed by atoms with Crippen molar-refractivity contribution in [2.75, 3.05) is 10.0 Å². The fourth-order valence-electron chi connectivity index (χ4n) is 3.03. The third-order valence-corrected chi connectivity index (χ3v) is 6.19. The Bertz CT molecular complexity index is 1340. The number of rotatable bonds is 5. The molecule has 0 fully saturated rings. The molecule has 1 amide bonds. The highest BCUT2D eigenvalue weighted by Crippen LogP contribution is 2.23. The maximum absolute atomic E-state index is 12.7. The third-order valence-electron chi connectivity index (χ3n) is 4.84. The van der Waals surface area contributed by atoms with Gasteiger partial charge in [0.25, 0.3) is 15.9 Å². The van der Waals surface area contributed by atoms with Crippen LogP contribution >= 0.6 is 0 Å². The molecule has 4 rings (SSSR count). The summed E-state index contributed by atoms with van der Waals surface area (Å²) in [6.45, 7) is 3.44. The van der Waals surface area contributed by atoms with Crippen LogP contribution in [-0.2, 0) is 10.0 Å². The number of hydrogen-bond acceptors (Lipinski definition) is 5. The van der Waals surface area contributed by atoms with Gasteiger partial charge < -0.3 is 9.84 Å². The molecule has 7 nitrogen and oxygen atoms in total. The van der Waals surface area contributed by atoms with Gasteiger partial charge in [0.05, 0.1) is 10.6 Å². The molecule has 0 saturated heterocycles. The van der Waals surface area contributed by atoms with Gasteiger partial charge in [-0.15, -0.1) is 0 Å². The van der Waals surface area contributed by atoms with Gasteiger partial charge in [0.2, 0.25) is 5.88 Å². The zero-order valence-corrected chi connectivity index (χ0v) is 17.2. The lowest BCUT2D eigenvalue weighted by Gasteiger charge is -2.10. The molecule has 0 radical (unpaired) electrons. The van der Waals surface area contributed by atoms with E-state index in [1.165, 1.54) is 24.3 Å². The normalized spacial score (nSPS) is 11.4. The molecule has 1 heterocycles. The summed E-state index contributed by atoms with van der Waals surface area (Å²) in [5.41, 5.74) is 2.26. The van der Waals surface area contributed by atoms with Crippen LogP contribution in [0.25, 0.3) is 10.8 Å². The quantitative estimate of drug-likeness (QED) is 0.494. The van der Waals surface area contributed by atoms with E-state index in [2.05, 4.69) is 15.2 Å². The molecule has 30 heavy (non-hydrogen) atoms. The molecule has 4 aromatic rings. The van der Waals surface area contributed by atoms with Gasteiger partial charge in [-0.25, -0.2) is 13.1 Å². The maximum Gasteiger partial charge on any atom is 0.264 e. The minimum Gasteiger partial charge on any atom is -0.337 e. The van der Waals surface area contributed by atoms with E-state index in [1.54, 1.807) is 19.9 Å². The molecule has 0 aliphatic rings. The second kappa shape index (κ2) is 7.64. The molecule has 1 aromatic heterocycles. The van der Waals surface area contributed by atoms with Crippen LogP contribution in [0.3, 0.4) is 0 Å². The fraction of sp³-hybridized carbons (Fsp3) is 0.0909.